The molecule has 1 saturated heterocycles. The van der Waals surface area contributed by atoms with Gasteiger partial charge in [0.2, 0.25) is 10.0 Å². The maximum atomic E-state index is 12.6. The third-order valence-electron chi connectivity index (χ3n) is 5.47. The highest BCUT2D eigenvalue weighted by molar-refractivity contribution is 7.89. The Morgan fingerprint density at radius 1 is 1.17 bits per heavy atom. The van der Waals surface area contributed by atoms with E-state index in [1.807, 2.05) is 31.2 Å². The van der Waals surface area contributed by atoms with Crippen LogP contribution in [0.3, 0.4) is 0 Å². The minimum Gasteiger partial charge on any atom is -0.483 e. The van der Waals surface area contributed by atoms with Crippen LogP contribution >= 0.6 is 0 Å². The number of ether oxygens (including phenoxy) is 1. The van der Waals surface area contributed by atoms with Crippen molar-refractivity contribution in [3.63, 3.8) is 0 Å². The van der Waals surface area contributed by atoms with Gasteiger partial charge >= 0.3 is 0 Å². The molecular weight excluding hydrogens is 400 g/mol. The first-order valence-electron chi connectivity index (χ1n) is 10.4. The van der Waals surface area contributed by atoms with Crippen LogP contribution in [0.25, 0.3) is 0 Å². The maximum absolute atomic E-state index is 12.6. The molecule has 1 fully saturated rings. The lowest BCUT2D eigenvalue weighted by atomic mass is 9.98. The number of piperidine rings is 1. The zero-order valence-corrected chi connectivity index (χ0v) is 18.5. The van der Waals surface area contributed by atoms with E-state index in [9.17, 15) is 13.2 Å². The lowest BCUT2D eigenvalue weighted by Crippen LogP contribution is -2.45. The molecule has 0 saturated carbocycles. The zero-order chi connectivity index (χ0) is 21.6. The minimum atomic E-state index is -3.55. The number of hydrogen-bond acceptors (Lipinski definition) is 4. The predicted molar refractivity (Wildman–Crippen MR) is 117 cm³/mol. The molecule has 1 aliphatic heterocycles. The van der Waals surface area contributed by atoms with Crippen molar-refractivity contribution >= 4 is 15.9 Å². The van der Waals surface area contributed by atoms with Gasteiger partial charge in [-0.15, -0.1) is 0 Å². The second-order valence-electron chi connectivity index (χ2n) is 7.76. The van der Waals surface area contributed by atoms with Crippen molar-refractivity contribution in [2.75, 3.05) is 26.2 Å². The molecule has 3 rings (SSSR count). The normalized spacial score (nSPS) is 17.0. The van der Waals surface area contributed by atoms with E-state index in [1.54, 1.807) is 29.2 Å². The van der Waals surface area contributed by atoms with Gasteiger partial charge in [0.1, 0.15) is 5.75 Å². The van der Waals surface area contributed by atoms with E-state index in [2.05, 4.69) is 11.6 Å². The van der Waals surface area contributed by atoms with Gasteiger partial charge in [-0.2, -0.15) is 0 Å². The first-order valence-corrected chi connectivity index (χ1v) is 11.9. The van der Waals surface area contributed by atoms with Crippen LogP contribution in [0, 0.1) is 12.8 Å². The standard InChI is InChI=1S/C23H30N2O4S/c1-3-20-8-4-5-9-22(20)29-17-23(26)25-14-6-7-19(16-25)15-24-30(27,28)21-12-10-18(2)11-13-21/h4-5,8-13,19,24H,3,6-7,14-17H2,1-2H3. The van der Waals surface area contributed by atoms with Crippen molar-refractivity contribution < 1.29 is 17.9 Å². The third-order valence-corrected chi connectivity index (χ3v) is 6.91. The summed E-state index contributed by atoms with van der Waals surface area (Å²) < 4.78 is 33.5. The number of likely N-dealkylation sites (tertiary alicyclic amines) is 1. The van der Waals surface area contributed by atoms with Gasteiger partial charge in [0.05, 0.1) is 4.90 Å². The molecule has 30 heavy (non-hydrogen) atoms. The van der Waals surface area contributed by atoms with Crippen molar-refractivity contribution in [1.29, 1.82) is 0 Å². The van der Waals surface area contributed by atoms with Gasteiger partial charge in [-0.3, -0.25) is 4.79 Å². The van der Waals surface area contributed by atoms with Crippen LogP contribution in [-0.2, 0) is 21.2 Å². The van der Waals surface area contributed by atoms with E-state index in [1.165, 1.54) is 0 Å². The van der Waals surface area contributed by atoms with E-state index in [0.29, 0.717) is 19.6 Å². The maximum Gasteiger partial charge on any atom is 0.260 e. The van der Waals surface area contributed by atoms with Crippen LogP contribution in [0.4, 0.5) is 0 Å². The number of amides is 1. The Morgan fingerprint density at radius 2 is 1.90 bits per heavy atom. The molecule has 1 atom stereocenters. The lowest BCUT2D eigenvalue weighted by Gasteiger charge is -2.32. The smallest absolute Gasteiger partial charge is 0.260 e. The summed E-state index contributed by atoms with van der Waals surface area (Å²) in [4.78, 5) is 14.7. The molecule has 0 radical (unpaired) electrons. The molecule has 6 nitrogen and oxygen atoms in total. The summed E-state index contributed by atoms with van der Waals surface area (Å²) >= 11 is 0. The zero-order valence-electron chi connectivity index (χ0n) is 17.6. The average Bonchev–Trinajstić information content (AvgIpc) is 2.77. The largest absolute Gasteiger partial charge is 0.483 e. The van der Waals surface area contributed by atoms with E-state index >= 15 is 0 Å². The monoisotopic (exact) mass is 430 g/mol. The third kappa shape index (κ3) is 5.83. The summed E-state index contributed by atoms with van der Waals surface area (Å²) in [7, 11) is -3.55. The molecule has 0 spiro atoms. The first kappa shape index (κ1) is 22.3. The van der Waals surface area contributed by atoms with Crippen LogP contribution in [-0.4, -0.2) is 45.5 Å². The number of benzene rings is 2. The molecular formula is C23H30N2O4S. The number of rotatable bonds is 8. The molecule has 0 aliphatic carbocycles. The molecule has 1 heterocycles. The molecule has 1 unspecified atom stereocenters. The van der Waals surface area contributed by atoms with E-state index in [4.69, 9.17) is 4.74 Å². The molecule has 0 aromatic heterocycles. The Hall–Kier alpha value is -2.38. The number of sulfonamides is 1. The van der Waals surface area contributed by atoms with Crippen LogP contribution in [0.1, 0.15) is 30.9 Å². The summed E-state index contributed by atoms with van der Waals surface area (Å²) in [6.45, 7) is 5.50. The SMILES string of the molecule is CCc1ccccc1OCC(=O)N1CCCC(CNS(=O)(=O)c2ccc(C)cc2)C1. The van der Waals surface area contributed by atoms with Crippen LogP contribution in [0.2, 0.25) is 0 Å². The van der Waals surface area contributed by atoms with Crippen LogP contribution in [0.15, 0.2) is 53.4 Å². The van der Waals surface area contributed by atoms with E-state index in [-0.39, 0.29) is 23.3 Å². The first-order chi connectivity index (χ1) is 14.4. The Balaban J connectivity index is 1.52. The molecule has 162 valence electrons. The van der Waals surface area contributed by atoms with Gasteiger partial charge in [0, 0.05) is 19.6 Å². The van der Waals surface area contributed by atoms with Gasteiger partial charge in [-0.25, -0.2) is 13.1 Å². The molecule has 0 bridgehead atoms. The number of nitrogens with one attached hydrogen (secondary N) is 1. The number of carbonyl (C=O) groups is 1. The molecule has 2 aromatic rings. The number of aryl methyl sites for hydroxylation is 2. The Bertz CT molecular complexity index is 957. The summed E-state index contributed by atoms with van der Waals surface area (Å²) in [6.07, 6.45) is 2.59. The van der Waals surface area contributed by atoms with E-state index < -0.39 is 10.0 Å². The number of nitrogens with zero attached hydrogens (tertiary/aromatic N) is 1. The Labute approximate surface area is 179 Å². The lowest BCUT2D eigenvalue weighted by molar-refractivity contribution is -0.135. The van der Waals surface area contributed by atoms with Gasteiger partial charge in [0.15, 0.2) is 6.61 Å². The van der Waals surface area contributed by atoms with Gasteiger partial charge < -0.3 is 9.64 Å². The Morgan fingerprint density at radius 3 is 2.63 bits per heavy atom. The quantitative estimate of drug-likeness (QED) is 0.698. The fourth-order valence-electron chi connectivity index (χ4n) is 3.65. The highest BCUT2D eigenvalue weighted by Crippen LogP contribution is 2.20. The van der Waals surface area contributed by atoms with E-state index in [0.717, 1.165) is 36.1 Å². The highest BCUT2D eigenvalue weighted by Gasteiger charge is 2.25. The molecule has 2 aromatic carbocycles. The van der Waals surface area contributed by atoms with Gasteiger partial charge in [-0.1, -0.05) is 42.8 Å². The second kappa shape index (κ2) is 10.1. The summed E-state index contributed by atoms with van der Waals surface area (Å²) in [5.41, 5.74) is 2.09. The topological polar surface area (TPSA) is 75.7 Å². The molecule has 1 amide bonds. The Kier molecular flexibility index (Phi) is 7.50. The number of hydrogen-bond donors (Lipinski definition) is 1. The average molecular weight is 431 g/mol. The van der Waals surface area contributed by atoms with Gasteiger partial charge in [0.25, 0.3) is 5.91 Å². The summed E-state index contributed by atoms with van der Waals surface area (Å²) in [5.74, 6) is 0.769. The van der Waals surface area contributed by atoms with Gasteiger partial charge in [-0.05, 0) is 55.9 Å². The summed E-state index contributed by atoms with van der Waals surface area (Å²) in [6, 6.07) is 14.5. The molecule has 1 aliphatic rings. The fourth-order valence-corrected chi connectivity index (χ4v) is 4.77. The van der Waals surface area contributed by atoms with Crippen molar-refractivity contribution in [2.24, 2.45) is 5.92 Å². The predicted octanol–water partition coefficient (Wildman–Crippen LogP) is 3.15. The van der Waals surface area contributed by atoms with Crippen LogP contribution < -0.4 is 9.46 Å². The van der Waals surface area contributed by atoms with Crippen molar-refractivity contribution in [3.05, 3.63) is 59.7 Å². The van der Waals surface area contributed by atoms with Crippen molar-refractivity contribution in [1.82, 2.24) is 9.62 Å². The fraction of sp³-hybridized carbons (Fsp3) is 0.435. The second-order valence-corrected chi connectivity index (χ2v) is 9.53. The molecule has 1 N–H and O–H groups in total. The number of para-hydroxylation sites is 1. The van der Waals surface area contributed by atoms with Crippen LogP contribution in [0.5, 0.6) is 5.75 Å². The van der Waals surface area contributed by atoms with Crippen molar-refractivity contribution in [3.8, 4) is 5.75 Å². The number of carbonyl (C=O) groups excluding carboxylic acids is 1. The minimum absolute atomic E-state index is 0.00116. The van der Waals surface area contributed by atoms with Crippen molar-refractivity contribution in [2.45, 2.75) is 38.0 Å². The molecule has 7 heteroatoms. The summed E-state index contributed by atoms with van der Waals surface area (Å²) in [5, 5.41) is 0. The highest BCUT2D eigenvalue weighted by atomic mass is 32.2.